The van der Waals surface area contributed by atoms with Crippen LogP contribution in [0.4, 0.5) is 10.5 Å². The Morgan fingerprint density at radius 2 is 1.82 bits per heavy atom. The molecule has 3 amide bonds. The van der Waals surface area contributed by atoms with Crippen LogP contribution in [0.25, 0.3) is 33.3 Å². The number of fused-ring (bicyclic) bond motifs is 1. The highest BCUT2D eigenvalue weighted by Gasteiger charge is 2.18. The van der Waals surface area contributed by atoms with Crippen LogP contribution < -0.4 is 20.9 Å². The number of hydrogen-bond donors (Lipinski definition) is 4. The van der Waals surface area contributed by atoms with Crippen LogP contribution >= 0.6 is 0 Å². The predicted octanol–water partition coefficient (Wildman–Crippen LogP) is 3.86. The minimum Gasteiger partial charge on any atom is -0.496 e. The van der Waals surface area contributed by atoms with Crippen LogP contribution in [-0.2, 0) is 0 Å². The second-order valence-corrected chi connectivity index (χ2v) is 7.81. The van der Waals surface area contributed by atoms with Crippen molar-refractivity contribution in [3.05, 3.63) is 66.5 Å². The van der Waals surface area contributed by atoms with E-state index in [0.717, 1.165) is 39.0 Å². The third kappa shape index (κ3) is 4.41. The van der Waals surface area contributed by atoms with Gasteiger partial charge in [-0.15, -0.1) is 0 Å². The number of rotatable bonds is 6. The van der Waals surface area contributed by atoms with E-state index in [-0.39, 0.29) is 5.91 Å². The molecule has 0 spiro atoms. The molecule has 2 aromatic carbocycles. The van der Waals surface area contributed by atoms with E-state index in [1.807, 2.05) is 42.6 Å². The number of carbonyl (C=O) groups is 2. The standard InChI is InChI=1S/C25H26N6O3/c1-26-30-25(33)29-21-10-9-15(11-19(21)24(32)31(2)3)16-12-18-20(14-28-23(18)27-13-16)17-7-5-6-8-22(17)34-4/h5-14,26H,1-4H3,(H,27,28)(H2,29,30,33). The van der Waals surface area contributed by atoms with Gasteiger partial charge in [-0.2, -0.15) is 0 Å². The number of hydrogen-bond acceptors (Lipinski definition) is 5. The number of benzene rings is 2. The molecule has 0 bridgehead atoms. The highest BCUT2D eigenvalue weighted by Crippen LogP contribution is 2.36. The topological polar surface area (TPSA) is 111 Å². The molecule has 0 fully saturated rings. The van der Waals surface area contributed by atoms with Crippen LogP contribution in [0.1, 0.15) is 10.4 Å². The number of hydrazine groups is 1. The molecule has 34 heavy (non-hydrogen) atoms. The molecular formula is C25H26N6O3. The largest absolute Gasteiger partial charge is 0.496 e. The number of methoxy groups -OCH3 is 1. The number of aromatic nitrogens is 2. The van der Waals surface area contributed by atoms with Crippen LogP contribution in [-0.4, -0.2) is 55.1 Å². The molecule has 0 saturated heterocycles. The summed E-state index contributed by atoms with van der Waals surface area (Å²) < 4.78 is 5.54. The fourth-order valence-corrected chi connectivity index (χ4v) is 3.77. The maximum absolute atomic E-state index is 12.9. The fourth-order valence-electron chi connectivity index (χ4n) is 3.77. The van der Waals surface area contributed by atoms with Crippen LogP contribution in [0.2, 0.25) is 0 Å². The molecule has 4 N–H and O–H groups in total. The molecule has 174 valence electrons. The minimum absolute atomic E-state index is 0.230. The summed E-state index contributed by atoms with van der Waals surface area (Å²) in [5.74, 6) is 0.537. The molecule has 4 rings (SSSR count). The van der Waals surface area contributed by atoms with Gasteiger partial charge in [0.15, 0.2) is 0 Å². The lowest BCUT2D eigenvalue weighted by Crippen LogP contribution is -2.38. The molecule has 0 radical (unpaired) electrons. The average molecular weight is 459 g/mol. The van der Waals surface area contributed by atoms with Crippen LogP contribution in [0.5, 0.6) is 5.75 Å². The first-order valence-electron chi connectivity index (χ1n) is 10.6. The highest BCUT2D eigenvalue weighted by molar-refractivity contribution is 6.04. The summed E-state index contributed by atoms with van der Waals surface area (Å²) in [5, 5.41) is 3.63. The van der Waals surface area contributed by atoms with Crippen molar-refractivity contribution in [2.75, 3.05) is 33.6 Å². The van der Waals surface area contributed by atoms with E-state index in [9.17, 15) is 9.59 Å². The second-order valence-electron chi connectivity index (χ2n) is 7.81. The zero-order valence-electron chi connectivity index (χ0n) is 19.4. The van der Waals surface area contributed by atoms with Crippen molar-refractivity contribution in [1.29, 1.82) is 0 Å². The zero-order chi connectivity index (χ0) is 24.2. The summed E-state index contributed by atoms with van der Waals surface area (Å²) in [5.41, 5.74) is 10.1. The van der Waals surface area contributed by atoms with Gasteiger partial charge >= 0.3 is 6.03 Å². The van der Waals surface area contributed by atoms with E-state index in [4.69, 9.17) is 4.74 Å². The Balaban J connectivity index is 1.80. The van der Waals surface area contributed by atoms with E-state index in [2.05, 4.69) is 26.1 Å². The lowest BCUT2D eigenvalue weighted by atomic mass is 9.99. The Bertz CT molecular complexity index is 1360. The molecule has 2 heterocycles. The number of amides is 3. The molecule has 0 atom stereocenters. The number of pyridine rings is 1. The first-order chi connectivity index (χ1) is 16.4. The molecule has 0 aliphatic carbocycles. The Hall–Kier alpha value is -4.37. The number of H-pyrrole nitrogens is 1. The number of urea groups is 1. The Morgan fingerprint density at radius 3 is 2.56 bits per heavy atom. The summed E-state index contributed by atoms with van der Waals surface area (Å²) in [6, 6.07) is 14.7. The molecular weight excluding hydrogens is 432 g/mol. The van der Waals surface area contributed by atoms with E-state index >= 15 is 0 Å². The Morgan fingerprint density at radius 1 is 1.03 bits per heavy atom. The predicted molar refractivity (Wildman–Crippen MR) is 133 cm³/mol. The quantitative estimate of drug-likeness (QED) is 0.328. The second kappa shape index (κ2) is 9.63. The van der Waals surface area contributed by atoms with Gasteiger partial charge in [0.25, 0.3) is 5.91 Å². The van der Waals surface area contributed by atoms with Crippen molar-refractivity contribution in [3.8, 4) is 28.0 Å². The molecule has 0 aliphatic heterocycles. The molecule has 9 nitrogen and oxygen atoms in total. The van der Waals surface area contributed by atoms with Gasteiger partial charge in [0.05, 0.1) is 18.4 Å². The summed E-state index contributed by atoms with van der Waals surface area (Å²) in [7, 11) is 6.56. The molecule has 0 saturated carbocycles. The van der Waals surface area contributed by atoms with Crippen LogP contribution in [0, 0.1) is 0 Å². The van der Waals surface area contributed by atoms with E-state index in [1.165, 1.54) is 4.90 Å². The smallest absolute Gasteiger partial charge is 0.333 e. The van der Waals surface area contributed by atoms with Crippen molar-refractivity contribution in [3.63, 3.8) is 0 Å². The van der Waals surface area contributed by atoms with E-state index < -0.39 is 6.03 Å². The average Bonchev–Trinajstić information content (AvgIpc) is 3.27. The highest BCUT2D eigenvalue weighted by atomic mass is 16.5. The van der Waals surface area contributed by atoms with E-state index in [1.54, 1.807) is 46.6 Å². The number of carbonyl (C=O) groups excluding carboxylic acids is 2. The molecule has 9 heteroatoms. The number of anilines is 1. The first-order valence-corrected chi connectivity index (χ1v) is 10.6. The van der Waals surface area contributed by atoms with Gasteiger partial charge < -0.3 is 19.9 Å². The van der Waals surface area contributed by atoms with Gasteiger partial charge in [0, 0.05) is 55.6 Å². The van der Waals surface area contributed by atoms with Gasteiger partial charge in [-0.1, -0.05) is 24.3 Å². The van der Waals surface area contributed by atoms with Crippen molar-refractivity contribution < 1.29 is 14.3 Å². The summed E-state index contributed by atoms with van der Waals surface area (Å²) >= 11 is 0. The van der Waals surface area contributed by atoms with Gasteiger partial charge in [-0.25, -0.2) is 15.2 Å². The lowest BCUT2D eigenvalue weighted by Gasteiger charge is -2.16. The van der Waals surface area contributed by atoms with Gasteiger partial charge in [0.1, 0.15) is 11.4 Å². The molecule has 0 aliphatic rings. The maximum Gasteiger partial charge on any atom is 0.333 e. The van der Waals surface area contributed by atoms with Crippen molar-refractivity contribution in [1.82, 2.24) is 25.7 Å². The number of aromatic amines is 1. The summed E-state index contributed by atoms with van der Waals surface area (Å²) in [6.45, 7) is 0. The fraction of sp³-hybridized carbons (Fsp3) is 0.160. The van der Waals surface area contributed by atoms with Gasteiger partial charge in [-0.05, 0) is 29.8 Å². The monoisotopic (exact) mass is 458 g/mol. The Kier molecular flexibility index (Phi) is 6.46. The number of nitrogens with zero attached hydrogens (tertiary/aromatic N) is 2. The Labute approximate surface area is 197 Å². The number of ether oxygens (including phenoxy) is 1. The maximum atomic E-state index is 12.9. The van der Waals surface area contributed by atoms with Gasteiger partial charge in [0.2, 0.25) is 0 Å². The first kappa shape index (κ1) is 22.8. The summed E-state index contributed by atoms with van der Waals surface area (Å²) in [6.07, 6.45) is 3.67. The molecule has 2 aromatic heterocycles. The number of para-hydroxylation sites is 1. The zero-order valence-corrected chi connectivity index (χ0v) is 19.4. The molecule has 0 unspecified atom stereocenters. The lowest BCUT2D eigenvalue weighted by molar-refractivity contribution is 0.0828. The van der Waals surface area contributed by atoms with Crippen LogP contribution in [0.15, 0.2) is 60.9 Å². The minimum atomic E-state index is -0.472. The van der Waals surface area contributed by atoms with Crippen molar-refractivity contribution in [2.45, 2.75) is 0 Å². The SMILES string of the molecule is CNNC(=O)Nc1ccc(-c2cnc3[nH]cc(-c4ccccc4OC)c3c2)cc1C(=O)N(C)C. The third-order valence-electron chi connectivity index (χ3n) is 5.40. The van der Waals surface area contributed by atoms with Gasteiger partial charge in [-0.3, -0.25) is 10.2 Å². The molecule has 4 aromatic rings. The third-order valence-corrected chi connectivity index (χ3v) is 5.40. The number of nitrogens with one attached hydrogen (secondary N) is 4. The van der Waals surface area contributed by atoms with Crippen molar-refractivity contribution >= 4 is 28.7 Å². The van der Waals surface area contributed by atoms with Crippen LogP contribution in [0.3, 0.4) is 0 Å². The van der Waals surface area contributed by atoms with E-state index in [0.29, 0.717) is 11.3 Å². The summed E-state index contributed by atoms with van der Waals surface area (Å²) in [4.78, 5) is 34.2. The van der Waals surface area contributed by atoms with Crippen molar-refractivity contribution in [2.24, 2.45) is 0 Å². The normalized spacial score (nSPS) is 10.7.